The van der Waals surface area contributed by atoms with Crippen LogP contribution in [-0.2, 0) is 145 Å². The molecule has 10 heterocycles. The molecule has 4 aliphatic carbocycles. The van der Waals surface area contributed by atoms with Crippen LogP contribution >= 0.6 is 11.6 Å². The number of aryl methyl sites for hydroxylation is 1. The van der Waals surface area contributed by atoms with Gasteiger partial charge in [0.25, 0.3) is 0 Å². The van der Waals surface area contributed by atoms with Gasteiger partial charge in [0.2, 0.25) is 47.4 Å². The third kappa shape index (κ3) is 22.6. The highest BCUT2D eigenvalue weighted by Crippen LogP contribution is 2.33. The lowest BCUT2D eigenvalue weighted by molar-refractivity contribution is -0.133. The predicted molar refractivity (Wildman–Crippen MR) is 464 cm³/mol. The highest BCUT2D eigenvalue weighted by atomic mass is 35.5. The Hall–Kier alpha value is -13.1. The number of ether oxygens (including phenoxy) is 2. The maximum absolute atomic E-state index is 13.2. The number of hydrogen-bond donors (Lipinski definition) is 6. The number of anilines is 4. The smallest absolute Gasteiger partial charge is 0.410 e. The van der Waals surface area contributed by atoms with Gasteiger partial charge in [-0.1, -0.05) is 97.1 Å². The van der Waals surface area contributed by atoms with Crippen molar-refractivity contribution < 1.29 is 38.2 Å². The molecule has 32 nitrogen and oxygen atoms in total. The number of carbonyl (C=O) groups excluding carboxylic acids is 6. The number of aromatic amines is 2. The molecule has 0 bridgehead atoms. The highest BCUT2D eigenvalue weighted by Gasteiger charge is 2.36. The first-order valence-corrected chi connectivity index (χ1v) is 42.9. The van der Waals surface area contributed by atoms with E-state index in [-0.39, 0.29) is 67.8 Å². The van der Waals surface area contributed by atoms with Crippen LogP contribution in [0.5, 0.6) is 0 Å². The fraction of sp³-hybridized carbons (Fsp3) is 0.429. The summed E-state index contributed by atoms with van der Waals surface area (Å²) in [6.45, 7) is 14.9. The topological polar surface area (TPSA) is 375 Å². The molecule has 6 amide bonds. The van der Waals surface area contributed by atoms with Gasteiger partial charge < -0.3 is 50.3 Å². The quantitative estimate of drug-likeness (QED) is 0.0197. The molecule has 0 saturated carbocycles. The van der Waals surface area contributed by atoms with Gasteiger partial charge in [-0.05, 0) is 157 Å². The number of terminal acetylenes is 1. The molecular weight excluding hydrogens is 1590 g/mol. The molecule has 0 radical (unpaired) electrons. The van der Waals surface area contributed by atoms with Crippen molar-refractivity contribution in [3.63, 3.8) is 0 Å². The number of H-pyrrole nitrogens is 2. The molecule has 644 valence electrons. The zero-order valence-electron chi connectivity index (χ0n) is 70.9. The molecule has 4 aliphatic heterocycles. The first-order valence-electron chi connectivity index (χ1n) is 42.4. The van der Waals surface area contributed by atoms with Gasteiger partial charge >= 0.3 is 12.2 Å². The van der Waals surface area contributed by atoms with E-state index in [9.17, 15) is 28.8 Å². The first-order chi connectivity index (χ1) is 59.9. The number of aromatic nitrogens is 14. The number of nitrogens with zero attached hydrogens (tertiary/aromatic N) is 18. The van der Waals surface area contributed by atoms with E-state index >= 15 is 0 Å². The average molecular weight is 1700 g/mol. The second kappa shape index (κ2) is 39.0. The molecule has 0 saturated heterocycles. The van der Waals surface area contributed by atoms with E-state index in [0.717, 1.165) is 121 Å². The Morgan fingerprint density at radius 3 is 1.02 bits per heavy atom. The van der Waals surface area contributed by atoms with Crippen LogP contribution in [0.2, 0.25) is 0 Å². The summed E-state index contributed by atoms with van der Waals surface area (Å²) >= 11 is 5.62. The summed E-state index contributed by atoms with van der Waals surface area (Å²) in [7, 11) is 0. The normalized spacial score (nSPS) is 15.2. The monoisotopic (exact) mass is 1700 g/mol. The van der Waals surface area contributed by atoms with Gasteiger partial charge in [-0.25, -0.2) is 49.5 Å². The van der Waals surface area contributed by atoms with Crippen molar-refractivity contribution in [1.29, 1.82) is 0 Å². The summed E-state index contributed by atoms with van der Waals surface area (Å²) in [5.41, 5.74) is 18.7. The summed E-state index contributed by atoms with van der Waals surface area (Å²) in [6, 6.07) is 35.1. The number of nitrogens with one attached hydrogen (secondary N) is 6. The summed E-state index contributed by atoms with van der Waals surface area (Å²) < 4.78 is 11.0. The third-order valence-corrected chi connectivity index (χ3v) is 23.0. The van der Waals surface area contributed by atoms with Crippen molar-refractivity contribution in [2.24, 2.45) is 0 Å². The molecular formula is C91H105ClN24O8. The van der Waals surface area contributed by atoms with E-state index in [2.05, 4.69) is 185 Å². The van der Waals surface area contributed by atoms with Crippen LogP contribution in [-0.4, -0.2) is 203 Å². The molecule has 0 atom stereocenters. The molecule has 0 spiro atoms. The van der Waals surface area contributed by atoms with Crippen molar-refractivity contribution in [3.05, 3.63) is 235 Å². The van der Waals surface area contributed by atoms with Crippen LogP contribution < -0.4 is 21.3 Å². The molecule has 0 fully saturated rings. The predicted octanol–water partition coefficient (Wildman–Crippen LogP) is 10.2. The Morgan fingerprint density at radius 2 is 0.726 bits per heavy atom. The number of carbonyl (C=O) groups is 6. The Balaban J connectivity index is 0.000000130. The first kappa shape index (κ1) is 85.9. The second-order valence-corrected chi connectivity index (χ2v) is 34.8. The number of hydrogen-bond acceptors (Lipinski definition) is 24. The average Bonchev–Trinajstić information content (AvgIpc) is 1.67. The Morgan fingerprint density at radius 1 is 0.419 bits per heavy atom. The van der Waals surface area contributed by atoms with E-state index in [1.807, 2.05) is 17.3 Å². The van der Waals surface area contributed by atoms with Crippen LogP contribution in [0.3, 0.4) is 0 Å². The van der Waals surface area contributed by atoms with E-state index in [1.54, 1.807) is 81.0 Å². The van der Waals surface area contributed by atoms with Gasteiger partial charge in [-0.15, -0.1) is 23.9 Å². The second-order valence-electron chi connectivity index (χ2n) is 34.5. The standard InChI is InChI=1S/C26H32N8O3.C26H31N5O3.C22H25N7O.C17H17ClN4O/c1-26(2,3)37-25(36)33(9-8-20-13-28-32-31-20)16-23(35)34-14-19-12-27-24(30-22(19)15-34)29-21-10-17-6-4-5-7-18(17)11-21;1-5-6-11-30(25(33)34-26(2,3)4)17-23(32)31-15-20-14-27-24(29-22(20)16-31)28-21-12-18-9-7-8-10-19(18)13-21;30-21(8-4-3-7-18-12-24-28-27-18)29-13-17-11-23-22(26-20(17)14-29)25-19-9-15-5-1-2-6-16(15)10-19;18-7-16(23)22-9-13-8-19-17(21-15(13)10-22)20-14-5-11-3-1-2-4-12(11)6-14/h4-7,12-13,21H,8-11,14-16H2,1-3H3,(H,27,29,30)(H,28,31,32);1,7-10,14,21H,6,11-13,15-17H2,2-4H3,(H,27,28,29);1-2,5-6,11-12,19H,3-4,7-10,13-14H2,(H,23,25,26)(H,24,27,28);1-4,8,14H,5-7,9-10H2,(H,19,20,21). The third-order valence-electron chi connectivity index (χ3n) is 22.8. The van der Waals surface area contributed by atoms with Crippen LogP contribution in [0.15, 0.2) is 134 Å². The number of fused-ring (bicyclic) bond motifs is 8. The lowest BCUT2D eigenvalue weighted by Gasteiger charge is -2.28. The fourth-order valence-corrected chi connectivity index (χ4v) is 16.8. The minimum Gasteiger partial charge on any atom is -0.444 e. The van der Waals surface area contributed by atoms with Gasteiger partial charge in [0.15, 0.2) is 0 Å². The van der Waals surface area contributed by atoms with E-state index in [4.69, 9.17) is 37.5 Å². The molecule has 8 aliphatic rings. The Kier molecular flexibility index (Phi) is 27.0. The van der Waals surface area contributed by atoms with E-state index in [0.29, 0.717) is 113 Å². The number of unbranched alkanes of at least 4 members (excludes halogenated alkanes) is 1. The van der Waals surface area contributed by atoms with Crippen LogP contribution in [0.1, 0.15) is 168 Å². The summed E-state index contributed by atoms with van der Waals surface area (Å²) in [5, 5.41) is 34.6. The van der Waals surface area contributed by atoms with Crippen molar-refractivity contribution in [1.82, 2.24) is 100 Å². The van der Waals surface area contributed by atoms with Gasteiger partial charge in [0, 0.05) is 130 Å². The minimum absolute atomic E-state index is 0.00680. The summed E-state index contributed by atoms with van der Waals surface area (Å²) in [4.78, 5) is 122. The number of benzene rings is 4. The van der Waals surface area contributed by atoms with Crippen LogP contribution in [0, 0.1) is 12.3 Å². The summed E-state index contributed by atoms with van der Waals surface area (Å²) in [5.74, 6) is 4.73. The number of alkyl halides is 1. The lowest BCUT2D eigenvalue weighted by atomic mass is 10.1. The molecule has 6 aromatic heterocycles. The molecule has 0 unspecified atom stereocenters. The summed E-state index contributed by atoms with van der Waals surface area (Å²) in [6.07, 6.45) is 26.6. The molecule has 10 aromatic rings. The zero-order chi connectivity index (χ0) is 86.4. The maximum Gasteiger partial charge on any atom is 0.410 e. The van der Waals surface area contributed by atoms with Gasteiger partial charge in [-0.2, -0.15) is 30.8 Å². The maximum atomic E-state index is 13.2. The molecule has 124 heavy (non-hydrogen) atoms. The fourth-order valence-electron chi connectivity index (χ4n) is 16.6. The molecule has 6 N–H and O–H groups in total. The Bertz CT molecular complexity index is 5420. The zero-order valence-corrected chi connectivity index (χ0v) is 71.6. The minimum atomic E-state index is -0.671. The van der Waals surface area contributed by atoms with Crippen LogP contribution in [0.4, 0.5) is 33.4 Å². The largest absolute Gasteiger partial charge is 0.444 e. The molecule has 33 heteroatoms. The highest BCUT2D eigenvalue weighted by molar-refractivity contribution is 6.27. The molecule has 18 rings (SSSR count). The van der Waals surface area contributed by atoms with Crippen molar-refractivity contribution >= 4 is 71.2 Å². The van der Waals surface area contributed by atoms with Crippen LogP contribution in [0.25, 0.3) is 0 Å². The van der Waals surface area contributed by atoms with Crippen molar-refractivity contribution in [2.75, 3.05) is 53.3 Å². The van der Waals surface area contributed by atoms with Gasteiger partial charge in [-0.3, -0.25) is 29.0 Å². The SMILES string of the molecule is C#CCCN(CC(=O)N1Cc2cnc(NC3Cc4ccccc4C3)nc2C1)C(=O)OC(C)(C)C.CC(C)(C)OC(=O)N(CCc1cn[nH]n1)CC(=O)N1Cc2cnc(NC3Cc4ccccc4C3)nc2C1.O=C(CCCCc1cn[nH]n1)N1Cc2cnc(NC3Cc4ccccc4C3)nc2C1.O=C(CCl)N1Cc2cnc(NC3Cc4ccccc4C3)nc2C1. The van der Waals surface area contributed by atoms with Crippen molar-refractivity contribution in [3.8, 4) is 12.3 Å². The van der Waals surface area contributed by atoms with Gasteiger partial charge in [0.1, 0.15) is 30.2 Å². The van der Waals surface area contributed by atoms with E-state index < -0.39 is 23.4 Å². The number of rotatable bonds is 23. The lowest BCUT2D eigenvalue weighted by Crippen LogP contribution is -2.44. The Labute approximate surface area is 725 Å². The van der Waals surface area contributed by atoms with Gasteiger partial charge in [0.05, 0.1) is 72.7 Å². The number of amides is 6. The van der Waals surface area contributed by atoms with E-state index in [1.165, 1.54) is 54.3 Å². The molecule has 4 aromatic carbocycles. The van der Waals surface area contributed by atoms with Crippen molar-refractivity contribution in [2.45, 2.75) is 219 Å². The number of halogens is 1.